The fourth-order valence-electron chi connectivity index (χ4n) is 2.93. The summed E-state index contributed by atoms with van der Waals surface area (Å²) in [5.41, 5.74) is 7.35. The summed E-state index contributed by atoms with van der Waals surface area (Å²) in [7, 11) is 0. The minimum absolute atomic E-state index is 0.509. The van der Waals surface area contributed by atoms with E-state index >= 15 is 0 Å². The van der Waals surface area contributed by atoms with Crippen LogP contribution >= 0.6 is 11.3 Å². The van der Waals surface area contributed by atoms with E-state index < -0.39 is 0 Å². The molecule has 1 aromatic rings. The molecule has 0 aromatic carbocycles. The Morgan fingerprint density at radius 1 is 1.56 bits per heavy atom. The lowest BCUT2D eigenvalue weighted by molar-refractivity contribution is 0.0572. The molecule has 0 bridgehead atoms. The smallest absolute Gasteiger partial charge is 0.0334 e. The molecule has 1 aromatic heterocycles. The van der Waals surface area contributed by atoms with Gasteiger partial charge in [0, 0.05) is 24.7 Å². The maximum atomic E-state index is 5.91. The van der Waals surface area contributed by atoms with Gasteiger partial charge in [0.1, 0.15) is 0 Å². The van der Waals surface area contributed by atoms with E-state index in [2.05, 4.69) is 35.6 Å². The number of piperidine rings is 1. The first-order chi connectivity index (χ1) is 7.74. The molecule has 0 saturated carbocycles. The number of rotatable bonds is 3. The second-order valence-electron chi connectivity index (χ2n) is 4.85. The standard InChI is InChI=1S/C13H22N2S/c1-10-4-3-5-13(8-14)15(10)11(2)12-6-7-16-9-12/h6-7,9-11,13H,3-5,8,14H2,1-2H3. The van der Waals surface area contributed by atoms with Crippen LogP contribution in [0.25, 0.3) is 0 Å². The highest BCUT2D eigenvalue weighted by molar-refractivity contribution is 7.07. The topological polar surface area (TPSA) is 29.3 Å². The van der Waals surface area contributed by atoms with Crippen LogP contribution in [-0.2, 0) is 0 Å². The zero-order valence-electron chi connectivity index (χ0n) is 10.2. The first-order valence-electron chi connectivity index (χ1n) is 6.23. The van der Waals surface area contributed by atoms with Crippen LogP contribution in [0, 0.1) is 0 Å². The Morgan fingerprint density at radius 2 is 2.38 bits per heavy atom. The van der Waals surface area contributed by atoms with E-state index in [1.165, 1.54) is 24.8 Å². The van der Waals surface area contributed by atoms with Gasteiger partial charge < -0.3 is 5.73 Å². The van der Waals surface area contributed by atoms with Crippen LogP contribution in [0.5, 0.6) is 0 Å². The van der Waals surface area contributed by atoms with Crippen molar-refractivity contribution in [2.24, 2.45) is 5.73 Å². The third kappa shape index (κ3) is 2.31. The Morgan fingerprint density at radius 3 is 3.00 bits per heavy atom. The monoisotopic (exact) mass is 238 g/mol. The average molecular weight is 238 g/mol. The molecule has 1 fully saturated rings. The molecule has 1 saturated heterocycles. The molecule has 0 amide bonds. The van der Waals surface area contributed by atoms with Crippen LogP contribution < -0.4 is 5.73 Å². The molecule has 16 heavy (non-hydrogen) atoms. The van der Waals surface area contributed by atoms with Crippen molar-refractivity contribution in [3.63, 3.8) is 0 Å². The van der Waals surface area contributed by atoms with Gasteiger partial charge in [0.25, 0.3) is 0 Å². The van der Waals surface area contributed by atoms with E-state index in [9.17, 15) is 0 Å². The molecule has 3 atom stereocenters. The fourth-order valence-corrected chi connectivity index (χ4v) is 3.68. The van der Waals surface area contributed by atoms with Gasteiger partial charge >= 0.3 is 0 Å². The Labute approximate surface area is 102 Å². The van der Waals surface area contributed by atoms with E-state index in [0.717, 1.165) is 6.54 Å². The Kier molecular flexibility index (Phi) is 4.00. The predicted octanol–water partition coefficient (Wildman–Crippen LogP) is 3.01. The molecule has 2 heterocycles. The first-order valence-corrected chi connectivity index (χ1v) is 7.18. The fraction of sp³-hybridized carbons (Fsp3) is 0.692. The quantitative estimate of drug-likeness (QED) is 0.877. The third-order valence-electron chi connectivity index (χ3n) is 3.83. The van der Waals surface area contributed by atoms with Gasteiger partial charge in [-0.05, 0) is 49.1 Å². The van der Waals surface area contributed by atoms with Crippen molar-refractivity contribution in [1.82, 2.24) is 4.90 Å². The summed E-state index contributed by atoms with van der Waals surface area (Å²) in [4.78, 5) is 2.62. The van der Waals surface area contributed by atoms with Crippen molar-refractivity contribution < 1.29 is 0 Å². The zero-order valence-corrected chi connectivity index (χ0v) is 11.0. The van der Waals surface area contributed by atoms with Crippen LogP contribution in [0.4, 0.5) is 0 Å². The highest BCUT2D eigenvalue weighted by Crippen LogP contribution is 2.32. The van der Waals surface area contributed by atoms with E-state index in [-0.39, 0.29) is 0 Å². The van der Waals surface area contributed by atoms with Crippen LogP contribution in [0.15, 0.2) is 16.8 Å². The summed E-state index contributed by atoms with van der Waals surface area (Å²) >= 11 is 1.78. The van der Waals surface area contributed by atoms with Crippen molar-refractivity contribution in [3.8, 4) is 0 Å². The molecule has 1 aliphatic rings. The molecule has 2 rings (SSSR count). The average Bonchev–Trinajstić information content (AvgIpc) is 2.81. The Hall–Kier alpha value is -0.380. The summed E-state index contributed by atoms with van der Waals surface area (Å²) in [5, 5.41) is 4.43. The summed E-state index contributed by atoms with van der Waals surface area (Å²) in [5.74, 6) is 0. The maximum absolute atomic E-state index is 5.91. The zero-order chi connectivity index (χ0) is 11.5. The van der Waals surface area contributed by atoms with Crippen molar-refractivity contribution in [2.45, 2.75) is 51.2 Å². The Bertz CT molecular complexity index is 310. The number of nitrogens with two attached hydrogens (primary N) is 1. The molecule has 0 radical (unpaired) electrons. The number of hydrogen-bond acceptors (Lipinski definition) is 3. The van der Waals surface area contributed by atoms with Gasteiger partial charge in [0.15, 0.2) is 0 Å². The van der Waals surface area contributed by atoms with Gasteiger partial charge in [-0.25, -0.2) is 0 Å². The van der Waals surface area contributed by atoms with Crippen molar-refractivity contribution in [3.05, 3.63) is 22.4 Å². The molecule has 2 nitrogen and oxygen atoms in total. The third-order valence-corrected chi connectivity index (χ3v) is 4.54. The van der Waals surface area contributed by atoms with Crippen molar-refractivity contribution >= 4 is 11.3 Å². The van der Waals surface area contributed by atoms with Gasteiger partial charge in [0.2, 0.25) is 0 Å². The van der Waals surface area contributed by atoms with Crippen LogP contribution in [-0.4, -0.2) is 23.5 Å². The van der Waals surface area contributed by atoms with Gasteiger partial charge in [-0.15, -0.1) is 0 Å². The number of nitrogens with zero attached hydrogens (tertiary/aromatic N) is 1. The van der Waals surface area contributed by atoms with Gasteiger partial charge in [-0.2, -0.15) is 11.3 Å². The summed E-state index contributed by atoms with van der Waals surface area (Å²) in [6, 6.07) is 3.98. The van der Waals surface area contributed by atoms with Crippen LogP contribution in [0.3, 0.4) is 0 Å². The van der Waals surface area contributed by atoms with Gasteiger partial charge in [-0.3, -0.25) is 4.90 Å². The normalized spacial score (nSPS) is 29.2. The number of likely N-dealkylation sites (tertiary alicyclic amines) is 1. The highest BCUT2D eigenvalue weighted by Gasteiger charge is 2.31. The molecule has 90 valence electrons. The SMILES string of the molecule is CC1CCCC(CN)N1C(C)c1ccsc1. The minimum Gasteiger partial charge on any atom is -0.329 e. The Balaban J connectivity index is 2.15. The van der Waals surface area contributed by atoms with Crippen molar-refractivity contribution in [2.75, 3.05) is 6.54 Å². The van der Waals surface area contributed by atoms with E-state index in [1.54, 1.807) is 11.3 Å². The second-order valence-corrected chi connectivity index (χ2v) is 5.63. The van der Waals surface area contributed by atoms with Crippen LogP contribution in [0.1, 0.15) is 44.7 Å². The molecular weight excluding hydrogens is 216 g/mol. The van der Waals surface area contributed by atoms with Gasteiger partial charge in [-0.1, -0.05) is 6.42 Å². The summed E-state index contributed by atoms with van der Waals surface area (Å²) in [6.45, 7) is 5.44. The van der Waals surface area contributed by atoms with Crippen LogP contribution in [0.2, 0.25) is 0 Å². The molecule has 0 spiro atoms. The molecular formula is C13H22N2S. The number of thiophene rings is 1. The predicted molar refractivity (Wildman–Crippen MR) is 70.7 cm³/mol. The molecule has 2 N–H and O–H groups in total. The lowest BCUT2D eigenvalue weighted by Gasteiger charge is -2.44. The van der Waals surface area contributed by atoms with Gasteiger partial charge in [0.05, 0.1) is 0 Å². The minimum atomic E-state index is 0.509. The lowest BCUT2D eigenvalue weighted by Crippen LogP contribution is -2.49. The molecule has 1 aliphatic heterocycles. The van der Waals surface area contributed by atoms with E-state index in [1.807, 2.05) is 0 Å². The largest absolute Gasteiger partial charge is 0.329 e. The second kappa shape index (κ2) is 5.30. The highest BCUT2D eigenvalue weighted by atomic mass is 32.1. The van der Waals surface area contributed by atoms with Crippen molar-refractivity contribution in [1.29, 1.82) is 0 Å². The van der Waals surface area contributed by atoms with E-state index in [4.69, 9.17) is 5.73 Å². The summed E-state index contributed by atoms with van der Waals surface area (Å²) in [6.07, 6.45) is 3.90. The summed E-state index contributed by atoms with van der Waals surface area (Å²) < 4.78 is 0. The van der Waals surface area contributed by atoms with E-state index in [0.29, 0.717) is 18.1 Å². The molecule has 3 unspecified atom stereocenters. The molecule has 3 heteroatoms. The first kappa shape index (κ1) is 12.1. The lowest BCUT2D eigenvalue weighted by atomic mass is 9.93. The molecule has 0 aliphatic carbocycles. The number of hydrogen-bond donors (Lipinski definition) is 1. The maximum Gasteiger partial charge on any atom is 0.0334 e.